The fourth-order valence-electron chi connectivity index (χ4n) is 2.24. The van der Waals surface area contributed by atoms with Gasteiger partial charge in [0.2, 0.25) is 0 Å². The molecule has 100 valence electrons. The first-order valence-electron chi connectivity index (χ1n) is 6.30. The summed E-state index contributed by atoms with van der Waals surface area (Å²) in [7, 11) is 0. The molecule has 0 spiro atoms. The van der Waals surface area contributed by atoms with E-state index < -0.39 is 0 Å². The van der Waals surface area contributed by atoms with E-state index in [-0.39, 0.29) is 0 Å². The molecule has 3 rings (SSSR count). The van der Waals surface area contributed by atoms with E-state index >= 15 is 0 Å². The van der Waals surface area contributed by atoms with Crippen LogP contribution in [0, 0.1) is 6.92 Å². The van der Waals surface area contributed by atoms with Gasteiger partial charge in [-0.1, -0.05) is 0 Å². The molecule has 0 bridgehead atoms. The van der Waals surface area contributed by atoms with Gasteiger partial charge in [0, 0.05) is 26.2 Å². The molecule has 0 aliphatic carbocycles. The van der Waals surface area contributed by atoms with Crippen LogP contribution in [-0.2, 0) is 0 Å². The van der Waals surface area contributed by atoms with E-state index in [9.17, 15) is 0 Å². The van der Waals surface area contributed by atoms with E-state index in [2.05, 4.69) is 55.4 Å². The van der Waals surface area contributed by atoms with Crippen molar-refractivity contribution in [2.75, 3.05) is 31.1 Å². The standard InChI is InChI=1S/C13H15BrN4S/c1-9-8-10(11-2-3-12(14)19-11)16-17-13(9)18-6-4-15-5-7-18/h2-3,8,15H,4-7H2,1H3. The van der Waals surface area contributed by atoms with E-state index in [0.717, 1.165) is 46.4 Å². The summed E-state index contributed by atoms with van der Waals surface area (Å²) in [5.41, 5.74) is 2.14. The highest BCUT2D eigenvalue weighted by Crippen LogP contribution is 2.31. The van der Waals surface area contributed by atoms with Gasteiger partial charge >= 0.3 is 0 Å². The molecule has 0 unspecified atom stereocenters. The van der Waals surface area contributed by atoms with Crippen LogP contribution in [0.5, 0.6) is 0 Å². The van der Waals surface area contributed by atoms with Crippen molar-refractivity contribution in [2.45, 2.75) is 6.92 Å². The number of hydrogen-bond acceptors (Lipinski definition) is 5. The van der Waals surface area contributed by atoms with Crippen molar-refractivity contribution in [3.63, 3.8) is 0 Å². The highest BCUT2D eigenvalue weighted by Gasteiger charge is 2.15. The zero-order valence-corrected chi connectivity index (χ0v) is 13.1. The van der Waals surface area contributed by atoms with Gasteiger partial charge in [0.25, 0.3) is 0 Å². The Labute approximate surface area is 125 Å². The molecule has 0 saturated carbocycles. The molecule has 0 amide bonds. The quantitative estimate of drug-likeness (QED) is 0.913. The van der Waals surface area contributed by atoms with Crippen molar-refractivity contribution in [1.82, 2.24) is 15.5 Å². The minimum absolute atomic E-state index is 0.951. The van der Waals surface area contributed by atoms with Crippen LogP contribution in [0.3, 0.4) is 0 Å². The Hall–Kier alpha value is -0.980. The molecule has 0 atom stereocenters. The molecule has 6 heteroatoms. The van der Waals surface area contributed by atoms with Gasteiger partial charge in [-0.05, 0) is 46.6 Å². The number of anilines is 1. The van der Waals surface area contributed by atoms with Crippen LogP contribution < -0.4 is 10.2 Å². The van der Waals surface area contributed by atoms with Crippen molar-refractivity contribution >= 4 is 33.1 Å². The summed E-state index contributed by atoms with van der Waals surface area (Å²) in [6, 6.07) is 6.24. The Morgan fingerprint density at radius 1 is 1.26 bits per heavy atom. The number of hydrogen-bond donors (Lipinski definition) is 1. The Morgan fingerprint density at radius 2 is 2.05 bits per heavy atom. The van der Waals surface area contributed by atoms with Gasteiger partial charge in [0.15, 0.2) is 5.82 Å². The van der Waals surface area contributed by atoms with Gasteiger partial charge in [-0.15, -0.1) is 21.5 Å². The monoisotopic (exact) mass is 338 g/mol. The first-order valence-corrected chi connectivity index (χ1v) is 7.91. The largest absolute Gasteiger partial charge is 0.352 e. The van der Waals surface area contributed by atoms with Crippen LogP contribution in [0.1, 0.15) is 5.56 Å². The van der Waals surface area contributed by atoms with Crippen LogP contribution in [-0.4, -0.2) is 36.4 Å². The Kier molecular flexibility index (Phi) is 3.81. The fraction of sp³-hybridized carbons (Fsp3) is 0.385. The lowest BCUT2D eigenvalue weighted by atomic mass is 10.2. The number of thiophene rings is 1. The summed E-state index contributed by atoms with van der Waals surface area (Å²) < 4.78 is 1.12. The maximum atomic E-state index is 4.43. The smallest absolute Gasteiger partial charge is 0.154 e. The average Bonchev–Trinajstić information content (AvgIpc) is 2.86. The first kappa shape index (κ1) is 13.0. The first-order chi connectivity index (χ1) is 9.24. The lowest BCUT2D eigenvalue weighted by molar-refractivity contribution is 0.581. The van der Waals surface area contributed by atoms with Crippen molar-refractivity contribution < 1.29 is 0 Å². The molecule has 2 aromatic heterocycles. The van der Waals surface area contributed by atoms with Crippen LogP contribution in [0.2, 0.25) is 0 Å². The second kappa shape index (κ2) is 5.56. The van der Waals surface area contributed by atoms with Gasteiger partial charge in [0.05, 0.1) is 8.66 Å². The molecule has 2 aromatic rings. The zero-order valence-electron chi connectivity index (χ0n) is 10.7. The Bertz CT molecular complexity index is 578. The van der Waals surface area contributed by atoms with Gasteiger partial charge in [-0.3, -0.25) is 0 Å². The molecule has 1 saturated heterocycles. The summed E-state index contributed by atoms with van der Waals surface area (Å²) in [4.78, 5) is 3.45. The molecule has 4 nitrogen and oxygen atoms in total. The SMILES string of the molecule is Cc1cc(-c2ccc(Br)s2)nnc1N1CCNCC1. The number of aromatic nitrogens is 2. The van der Waals surface area contributed by atoms with Crippen molar-refractivity contribution in [3.8, 4) is 10.6 Å². The predicted molar refractivity (Wildman–Crippen MR) is 82.9 cm³/mol. The Balaban J connectivity index is 1.89. The normalized spacial score (nSPS) is 15.8. The summed E-state index contributed by atoms with van der Waals surface area (Å²) in [6.07, 6.45) is 0. The highest BCUT2D eigenvalue weighted by atomic mass is 79.9. The van der Waals surface area contributed by atoms with Crippen molar-refractivity contribution in [1.29, 1.82) is 0 Å². The Morgan fingerprint density at radius 3 is 2.68 bits per heavy atom. The molecular formula is C13H15BrN4S. The molecule has 1 aliphatic heterocycles. The van der Waals surface area contributed by atoms with E-state index in [1.54, 1.807) is 11.3 Å². The maximum Gasteiger partial charge on any atom is 0.154 e. The van der Waals surface area contributed by atoms with Gasteiger partial charge < -0.3 is 10.2 Å². The lowest BCUT2D eigenvalue weighted by Crippen LogP contribution is -2.44. The molecule has 0 radical (unpaired) electrons. The van der Waals surface area contributed by atoms with Crippen LogP contribution >= 0.6 is 27.3 Å². The van der Waals surface area contributed by atoms with Crippen molar-refractivity contribution in [3.05, 3.63) is 27.5 Å². The molecular weight excluding hydrogens is 324 g/mol. The summed E-state index contributed by atoms with van der Waals surface area (Å²) in [6.45, 7) is 6.14. The molecule has 19 heavy (non-hydrogen) atoms. The number of aryl methyl sites for hydroxylation is 1. The second-order valence-electron chi connectivity index (χ2n) is 4.58. The van der Waals surface area contributed by atoms with E-state index in [1.807, 2.05) is 6.07 Å². The van der Waals surface area contributed by atoms with Crippen LogP contribution in [0.15, 0.2) is 22.0 Å². The van der Waals surface area contributed by atoms with Crippen molar-refractivity contribution in [2.24, 2.45) is 0 Å². The molecule has 1 N–H and O–H groups in total. The summed E-state index contributed by atoms with van der Waals surface area (Å²) >= 11 is 5.16. The molecule has 0 aromatic carbocycles. The van der Waals surface area contributed by atoms with Gasteiger partial charge in [-0.2, -0.15) is 0 Å². The fourth-order valence-corrected chi connectivity index (χ4v) is 3.58. The number of rotatable bonds is 2. The third-order valence-corrected chi connectivity index (χ3v) is 4.85. The number of piperazine rings is 1. The van der Waals surface area contributed by atoms with E-state index in [4.69, 9.17) is 0 Å². The zero-order chi connectivity index (χ0) is 13.2. The molecule has 1 aliphatic rings. The minimum atomic E-state index is 0.951. The van der Waals surface area contributed by atoms with E-state index in [1.165, 1.54) is 5.56 Å². The predicted octanol–water partition coefficient (Wildman–Crippen LogP) is 2.69. The lowest BCUT2D eigenvalue weighted by Gasteiger charge is -2.29. The van der Waals surface area contributed by atoms with E-state index in [0.29, 0.717) is 0 Å². The number of nitrogens with zero attached hydrogens (tertiary/aromatic N) is 3. The summed E-state index contributed by atoms with van der Waals surface area (Å²) in [5, 5.41) is 12.2. The maximum absolute atomic E-state index is 4.43. The number of nitrogens with one attached hydrogen (secondary N) is 1. The third-order valence-electron chi connectivity index (χ3n) is 3.20. The highest BCUT2D eigenvalue weighted by molar-refractivity contribution is 9.11. The third kappa shape index (κ3) is 2.80. The van der Waals surface area contributed by atoms with Gasteiger partial charge in [0.1, 0.15) is 5.69 Å². The molecule has 1 fully saturated rings. The number of halogens is 1. The van der Waals surface area contributed by atoms with Crippen LogP contribution in [0.4, 0.5) is 5.82 Å². The second-order valence-corrected chi connectivity index (χ2v) is 7.04. The van der Waals surface area contributed by atoms with Crippen LogP contribution in [0.25, 0.3) is 10.6 Å². The topological polar surface area (TPSA) is 41.1 Å². The van der Waals surface area contributed by atoms with Gasteiger partial charge in [-0.25, -0.2) is 0 Å². The minimum Gasteiger partial charge on any atom is -0.352 e. The molecule has 3 heterocycles. The summed E-state index contributed by atoms with van der Waals surface area (Å²) in [5.74, 6) is 1.01. The average molecular weight is 339 g/mol.